The van der Waals surface area contributed by atoms with E-state index in [1.165, 1.54) is 38.5 Å². The standard InChI is InChI=1S/C15H22O2/c1-2-3-4-5-6-7-8-9-10-11-12-13-14-15(16)17/h2-9,12H2,1H3,(H,16,17). The number of carboxylic acids is 1. The first-order valence-corrected chi connectivity index (χ1v) is 6.45. The molecule has 0 aliphatic heterocycles. The zero-order valence-electron chi connectivity index (χ0n) is 10.7. The van der Waals surface area contributed by atoms with E-state index in [9.17, 15) is 4.79 Å². The molecule has 0 atom stereocenters. The van der Waals surface area contributed by atoms with Crippen LogP contribution in [0.2, 0.25) is 0 Å². The van der Waals surface area contributed by atoms with Gasteiger partial charge in [-0.25, -0.2) is 4.79 Å². The Morgan fingerprint density at radius 2 is 1.59 bits per heavy atom. The Bertz CT molecular complexity index is 309. The topological polar surface area (TPSA) is 37.3 Å². The van der Waals surface area contributed by atoms with E-state index in [0.717, 1.165) is 12.8 Å². The molecule has 0 aromatic carbocycles. The van der Waals surface area contributed by atoms with E-state index in [4.69, 9.17) is 5.11 Å². The van der Waals surface area contributed by atoms with Crippen LogP contribution in [-0.4, -0.2) is 11.1 Å². The van der Waals surface area contributed by atoms with Crippen LogP contribution >= 0.6 is 0 Å². The molecule has 0 bridgehead atoms. The molecule has 0 rings (SSSR count). The summed E-state index contributed by atoms with van der Waals surface area (Å²) < 4.78 is 0. The molecule has 0 amide bonds. The Hall–Kier alpha value is -1.41. The highest BCUT2D eigenvalue weighted by Crippen LogP contribution is 2.07. The highest BCUT2D eigenvalue weighted by molar-refractivity contribution is 5.86. The van der Waals surface area contributed by atoms with Crippen LogP contribution in [-0.2, 0) is 4.79 Å². The quantitative estimate of drug-likeness (QED) is 0.539. The Morgan fingerprint density at radius 1 is 0.941 bits per heavy atom. The zero-order valence-corrected chi connectivity index (χ0v) is 10.7. The summed E-state index contributed by atoms with van der Waals surface area (Å²) in [7, 11) is 0. The summed E-state index contributed by atoms with van der Waals surface area (Å²) in [6.45, 7) is 2.23. The third-order valence-corrected chi connectivity index (χ3v) is 2.40. The van der Waals surface area contributed by atoms with E-state index in [2.05, 4.69) is 24.7 Å². The molecule has 0 saturated carbocycles. The normalized spacial score (nSPS) is 8.76. The average Bonchev–Trinajstić information content (AvgIpc) is 2.30. The van der Waals surface area contributed by atoms with Crippen LogP contribution in [0.25, 0.3) is 0 Å². The van der Waals surface area contributed by atoms with Gasteiger partial charge in [0.05, 0.1) is 6.42 Å². The van der Waals surface area contributed by atoms with Crippen LogP contribution in [0.5, 0.6) is 0 Å². The summed E-state index contributed by atoms with van der Waals surface area (Å²) >= 11 is 0. The number of unbranched alkanes of at least 4 members (excludes halogenated alkanes) is 7. The number of hydrogen-bond acceptors (Lipinski definition) is 1. The Labute approximate surface area is 105 Å². The van der Waals surface area contributed by atoms with Gasteiger partial charge in [0.1, 0.15) is 0 Å². The summed E-state index contributed by atoms with van der Waals surface area (Å²) in [4.78, 5) is 10.1. The van der Waals surface area contributed by atoms with Crippen molar-refractivity contribution >= 4 is 5.97 Å². The van der Waals surface area contributed by atoms with Crippen LogP contribution in [0.4, 0.5) is 0 Å². The van der Waals surface area contributed by atoms with E-state index in [0.29, 0.717) is 6.42 Å². The molecule has 0 spiro atoms. The summed E-state index contributed by atoms with van der Waals surface area (Å²) in [5, 5.41) is 8.25. The second-order valence-electron chi connectivity index (χ2n) is 4.01. The van der Waals surface area contributed by atoms with E-state index in [1.807, 2.05) is 5.92 Å². The molecule has 0 aliphatic carbocycles. The summed E-state index contributed by atoms with van der Waals surface area (Å²) in [6, 6.07) is 0. The number of carboxylic acid groups (broad SMARTS) is 1. The molecule has 94 valence electrons. The lowest BCUT2D eigenvalue weighted by molar-refractivity contribution is -0.130. The molecule has 1 N–H and O–H groups in total. The fourth-order valence-electron chi connectivity index (χ4n) is 1.49. The van der Waals surface area contributed by atoms with Gasteiger partial charge in [-0.15, -0.1) is 5.92 Å². The van der Waals surface area contributed by atoms with E-state index >= 15 is 0 Å². The Balaban J connectivity index is 3.26. The molecule has 0 unspecified atom stereocenters. The van der Waals surface area contributed by atoms with Crippen molar-refractivity contribution in [2.75, 3.05) is 0 Å². The zero-order chi connectivity index (χ0) is 12.8. The molecule has 0 radical (unpaired) electrons. The predicted octanol–water partition coefficient (Wildman–Crippen LogP) is 3.61. The maximum absolute atomic E-state index is 10.1. The SMILES string of the molecule is CCCCCCCCCC#CCC#CC(=O)O. The number of aliphatic carboxylic acids is 1. The molecule has 2 heteroatoms. The molecule has 17 heavy (non-hydrogen) atoms. The maximum atomic E-state index is 10.1. The van der Waals surface area contributed by atoms with Crippen molar-refractivity contribution < 1.29 is 9.90 Å². The molecular weight excluding hydrogens is 212 g/mol. The van der Waals surface area contributed by atoms with Crippen LogP contribution in [0.15, 0.2) is 0 Å². The fraction of sp³-hybridized carbons (Fsp3) is 0.667. The lowest BCUT2D eigenvalue weighted by Gasteiger charge is -1.97. The van der Waals surface area contributed by atoms with Gasteiger partial charge in [-0.2, -0.15) is 0 Å². The molecule has 0 aliphatic rings. The monoisotopic (exact) mass is 234 g/mol. The van der Waals surface area contributed by atoms with Gasteiger partial charge in [0.25, 0.3) is 0 Å². The molecule has 0 aromatic rings. The number of carbonyl (C=O) groups is 1. The molecule has 2 nitrogen and oxygen atoms in total. The van der Waals surface area contributed by atoms with Crippen molar-refractivity contribution in [2.24, 2.45) is 0 Å². The van der Waals surface area contributed by atoms with Crippen LogP contribution in [0.1, 0.15) is 64.7 Å². The maximum Gasteiger partial charge on any atom is 0.381 e. The highest BCUT2D eigenvalue weighted by Gasteiger charge is 1.88. The van der Waals surface area contributed by atoms with Gasteiger partial charge >= 0.3 is 5.97 Å². The van der Waals surface area contributed by atoms with Crippen molar-refractivity contribution in [1.82, 2.24) is 0 Å². The van der Waals surface area contributed by atoms with Gasteiger partial charge in [-0.05, 0) is 6.42 Å². The number of rotatable bonds is 7. The lowest BCUT2D eigenvalue weighted by atomic mass is 10.1. The van der Waals surface area contributed by atoms with Crippen LogP contribution in [0, 0.1) is 23.7 Å². The van der Waals surface area contributed by atoms with Gasteiger partial charge < -0.3 is 5.11 Å². The average molecular weight is 234 g/mol. The summed E-state index contributed by atoms with van der Waals surface area (Å²) in [6.07, 6.45) is 10.3. The van der Waals surface area contributed by atoms with Crippen molar-refractivity contribution in [2.45, 2.75) is 64.7 Å². The molecular formula is C15H22O2. The van der Waals surface area contributed by atoms with Crippen molar-refractivity contribution in [3.8, 4) is 23.7 Å². The highest BCUT2D eigenvalue weighted by atomic mass is 16.4. The van der Waals surface area contributed by atoms with Crippen molar-refractivity contribution in [1.29, 1.82) is 0 Å². The molecule has 0 fully saturated rings. The minimum Gasteiger partial charge on any atom is -0.472 e. The van der Waals surface area contributed by atoms with Gasteiger partial charge in [0, 0.05) is 12.3 Å². The van der Waals surface area contributed by atoms with Crippen LogP contribution < -0.4 is 0 Å². The minimum atomic E-state index is -1.08. The van der Waals surface area contributed by atoms with Crippen molar-refractivity contribution in [3.05, 3.63) is 0 Å². The van der Waals surface area contributed by atoms with E-state index < -0.39 is 5.97 Å². The molecule has 0 aromatic heterocycles. The first kappa shape index (κ1) is 15.6. The first-order chi connectivity index (χ1) is 8.27. The second-order valence-corrected chi connectivity index (χ2v) is 4.01. The Kier molecular flexibility index (Phi) is 11.6. The first-order valence-electron chi connectivity index (χ1n) is 6.45. The Morgan fingerprint density at radius 3 is 2.24 bits per heavy atom. The third-order valence-electron chi connectivity index (χ3n) is 2.40. The third kappa shape index (κ3) is 14.6. The summed E-state index contributed by atoms with van der Waals surface area (Å²) in [5.41, 5.74) is 0. The predicted molar refractivity (Wildman–Crippen MR) is 70.4 cm³/mol. The van der Waals surface area contributed by atoms with Crippen molar-refractivity contribution in [3.63, 3.8) is 0 Å². The summed E-state index contributed by atoms with van der Waals surface area (Å²) in [5.74, 6) is 9.32. The van der Waals surface area contributed by atoms with E-state index in [-0.39, 0.29) is 0 Å². The molecule has 0 heterocycles. The minimum absolute atomic E-state index is 0.364. The largest absolute Gasteiger partial charge is 0.472 e. The van der Waals surface area contributed by atoms with Gasteiger partial charge in [-0.3, -0.25) is 0 Å². The van der Waals surface area contributed by atoms with Gasteiger partial charge in [-0.1, -0.05) is 57.3 Å². The fourth-order valence-corrected chi connectivity index (χ4v) is 1.49. The smallest absolute Gasteiger partial charge is 0.381 e. The second kappa shape index (κ2) is 12.7. The lowest BCUT2D eigenvalue weighted by Crippen LogP contribution is -1.85. The number of hydrogen-bond donors (Lipinski definition) is 1. The van der Waals surface area contributed by atoms with E-state index in [1.54, 1.807) is 0 Å². The van der Waals surface area contributed by atoms with Gasteiger partial charge in [0.15, 0.2) is 0 Å². The van der Waals surface area contributed by atoms with Gasteiger partial charge in [0.2, 0.25) is 0 Å². The molecule has 0 saturated heterocycles. The van der Waals surface area contributed by atoms with Crippen LogP contribution in [0.3, 0.4) is 0 Å².